The van der Waals surface area contributed by atoms with Crippen molar-refractivity contribution in [2.75, 3.05) is 32.7 Å². The first kappa shape index (κ1) is 15.5. The average molecular weight is 290 g/mol. The molecular weight excluding hydrogens is 268 g/mol. The third kappa shape index (κ3) is 4.29. The second-order valence-corrected chi connectivity index (χ2v) is 5.25. The molecule has 1 fully saturated rings. The van der Waals surface area contributed by atoms with Gasteiger partial charge in [0, 0.05) is 38.7 Å². The van der Waals surface area contributed by atoms with Gasteiger partial charge in [-0.15, -0.1) is 0 Å². The number of hydrogen-bond donors (Lipinski definition) is 0. The van der Waals surface area contributed by atoms with Gasteiger partial charge in [0.15, 0.2) is 0 Å². The minimum Gasteiger partial charge on any atom is -0.427 e. The van der Waals surface area contributed by atoms with Crippen LogP contribution in [0.5, 0.6) is 5.75 Å². The molecule has 21 heavy (non-hydrogen) atoms. The molecule has 2 rings (SSSR count). The summed E-state index contributed by atoms with van der Waals surface area (Å²) in [5.74, 6) is 0.147. The fourth-order valence-electron chi connectivity index (χ4n) is 2.50. The van der Waals surface area contributed by atoms with Gasteiger partial charge in [-0.3, -0.25) is 14.5 Å². The Labute approximate surface area is 125 Å². The lowest BCUT2D eigenvalue weighted by Crippen LogP contribution is -2.48. The van der Waals surface area contributed by atoms with Gasteiger partial charge in [-0.05, 0) is 37.2 Å². The van der Waals surface area contributed by atoms with E-state index < -0.39 is 0 Å². The molecule has 0 aromatic heterocycles. The molecule has 1 amide bonds. The monoisotopic (exact) mass is 290 g/mol. The molecule has 0 aliphatic carbocycles. The van der Waals surface area contributed by atoms with Crippen molar-refractivity contribution in [1.82, 2.24) is 9.80 Å². The molecule has 5 heteroatoms. The maximum Gasteiger partial charge on any atom is 0.308 e. The summed E-state index contributed by atoms with van der Waals surface area (Å²) in [5, 5.41) is 0. The molecular formula is C16H22N2O3. The van der Waals surface area contributed by atoms with Crippen molar-refractivity contribution in [2.45, 2.75) is 20.3 Å². The average Bonchev–Trinajstić information content (AvgIpc) is 2.48. The molecule has 0 unspecified atom stereocenters. The number of carbonyl (C=O) groups is 2. The quantitative estimate of drug-likeness (QED) is 0.626. The highest BCUT2D eigenvalue weighted by Gasteiger charge is 2.21. The Kier molecular flexibility index (Phi) is 5.33. The maximum absolute atomic E-state index is 12.4. The molecule has 5 nitrogen and oxygen atoms in total. The van der Waals surface area contributed by atoms with E-state index in [1.807, 2.05) is 4.90 Å². The van der Waals surface area contributed by atoms with Crippen LogP contribution in [0.4, 0.5) is 0 Å². The van der Waals surface area contributed by atoms with Gasteiger partial charge in [0.1, 0.15) is 5.75 Å². The van der Waals surface area contributed by atoms with Crippen LogP contribution in [0.1, 0.15) is 30.6 Å². The lowest BCUT2D eigenvalue weighted by molar-refractivity contribution is -0.131. The number of nitrogens with zero attached hydrogens (tertiary/aromatic N) is 2. The second kappa shape index (κ2) is 7.22. The van der Waals surface area contributed by atoms with E-state index in [0.717, 1.165) is 39.1 Å². The second-order valence-electron chi connectivity index (χ2n) is 5.25. The van der Waals surface area contributed by atoms with Gasteiger partial charge >= 0.3 is 5.97 Å². The Morgan fingerprint density at radius 2 is 1.71 bits per heavy atom. The molecule has 114 valence electrons. The van der Waals surface area contributed by atoms with Gasteiger partial charge in [-0.1, -0.05) is 6.92 Å². The molecule has 1 saturated heterocycles. The summed E-state index contributed by atoms with van der Waals surface area (Å²) < 4.78 is 4.96. The predicted molar refractivity (Wildman–Crippen MR) is 80.4 cm³/mol. The van der Waals surface area contributed by atoms with Crippen molar-refractivity contribution >= 4 is 11.9 Å². The first-order valence-corrected chi connectivity index (χ1v) is 7.40. The SMILES string of the molecule is CCCN1CCN(C(=O)c2ccc(OC(C)=O)cc2)CC1. The number of benzene rings is 1. The molecule has 0 radical (unpaired) electrons. The van der Waals surface area contributed by atoms with Gasteiger partial charge in [-0.25, -0.2) is 0 Å². The Morgan fingerprint density at radius 3 is 2.24 bits per heavy atom. The molecule has 0 spiro atoms. The van der Waals surface area contributed by atoms with Gasteiger partial charge in [-0.2, -0.15) is 0 Å². The predicted octanol–water partition coefficient (Wildman–Crippen LogP) is 1.78. The smallest absolute Gasteiger partial charge is 0.308 e. The summed E-state index contributed by atoms with van der Waals surface area (Å²) in [5.41, 5.74) is 0.634. The number of carbonyl (C=O) groups excluding carboxylic acids is 2. The summed E-state index contributed by atoms with van der Waals surface area (Å²) >= 11 is 0. The van der Waals surface area contributed by atoms with Crippen LogP contribution < -0.4 is 4.74 Å². The molecule has 1 aliphatic heterocycles. The third-order valence-corrected chi connectivity index (χ3v) is 3.56. The zero-order valence-electron chi connectivity index (χ0n) is 12.7. The molecule has 0 atom stereocenters. The van der Waals surface area contributed by atoms with Gasteiger partial charge in [0.2, 0.25) is 0 Å². The van der Waals surface area contributed by atoms with Gasteiger partial charge in [0.25, 0.3) is 5.91 Å². The van der Waals surface area contributed by atoms with E-state index in [0.29, 0.717) is 11.3 Å². The van der Waals surface area contributed by atoms with Gasteiger partial charge < -0.3 is 9.64 Å². The first-order chi connectivity index (χ1) is 10.1. The van der Waals surface area contributed by atoms with Crippen molar-refractivity contribution in [3.8, 4) is 5.75 Å². The zero-order valence-corrected chi connectivity index (χ0v) is 12.7. The summed E-state index contributed by atoms with van der Waals surface area (Å²) in [4.78, 5) is 27.5. The lowest BCUT2D eigenvalue weighted by Gasteiger charge is -2.34. The highest BCUT2D eigenvalue weighted by atomic mass is 16.5. The van der Waals surface area contributed by atoms with Crippen molar-refractivity contribution in [3.63, 3.8) is 0 Å². The number of hydrogen-bond acceptors (Lipinski definition) is 4. The molecule has 1 aromatic rings. The van der Waals surface area contributed by atoms with E-state index in [4.69, 9.17) is 4.74 Å². The standard InChI is InChI=1S/C16H22N2O3/c1-3-8-17-9-11-18(12-10-17)16(20)14-4-6-15(7-5-14)21-13(2)19/h4-7H,3,8-12H2,1-2H3. The van der Waals surface area contributed by atoms with Crippen LogP contribution in [0.25, 0.3) is 0 Å². The first-order valence-electron chi connectivity index (χ1n) is 7.40. The highest BCUT2D eigenvalue weighted by molar-refractivity contribution is 5.94. The Bertz CT molecular complexity index is 491. The lowest BCUT2D eigenvalue weighted by atomic mass is 10.1. The minimum atomic E-state index is -0.360. The summed E-state index contributed by atoms with van der Waals surface area (Å²) in [6.07, 6.45) is 1.14. The number of rotatable bonds is 4. The topological polar surface area (TPSA) is 49.9 Å². The van der Waals surface area contributed by atoms with Crippen LogP contribution in [-0.4, -0.2) is 54.4 Å². The molecule has 1 heterocycles. The zero-order chi connectivity index (χ0) is 15.2. The van der Waals surface area contributed by atoms with Crippen LogP contribution in [-0.2, 0) is 4.79 Å². The van der Waals surface area contributed by atoms with Gasteiger partial charge in [0.05, 0.1) is 0 Å². The summed E-state index contributed by atoms with van der Waals surface area (Å²) in [6, 6.07) is 6.72. The fraction of sp³-hybridized carbons (Fsp3) is 0.500. The van der Waals surface area contributed by atoms with Crippen LogP contribution in [0, 0.1) is 0 Å². The Morgan fingerprint density at radius 1 is 1.10 bits per heavy atom. The van der Waals surface area contributed by atoms with E-state index in [1.54, 1.807) is 24.3 Å². The molecule has 1 aromatic carbocycles. The van der Waals surface area contributed by atoms with E-state index in [1.165, 1.54) is 6.92 Å². The van der Waals surface area contributed by atoms with Crippen molar-refractivity contribution in [1.29, 1.82) is 0 Å². The van der Waals surface area contributed by atoms with Crippen LogP contribution in [0.3, 0.4) is 0 Å². The van der Waals surface area contributed by atoms with E-state index in [9.17, 15) is 9.59 Å². The maximum atomic E-state index is 12.4. The third-order valence-electron chi connectivity index (χ3n) is 3.56. The van der Waals surface area contributed by atoms with Crippen LogP contribution >= 0.6 is 0 Å². The van der Waals surface area contributed by atoms with Crippen LogP contribution in [0.15, 0.2) is 24.3 Å². The van der Waals surface area contributed by atoms with E-state index in [2.05, 4.69) is 11.8 Å². The molecule has 0 saturated carbocycles. The Hall–Kier alpha value is -1.88. The highest BCUT2D eigenvalue weighted by Crippen LogP contribution is 2.15. The number of piperazine rings is 1. The molecule has 0 N–H and O–H groups in total. The molecule has 0 bridgehead atoms. The Balaban J connectivity index is 1.93. The van der Waals surface area contributed by atoms with Crippen molar-refractivity contribution < 1.29 is 14.3 Å². The van der Waals surface area contributed by atoms with E-state index in [-0.39, 0.29) is 11.9 Å². The summed E-state index contributed by atoms with van der Waals surface area (Å²) in [6.45, 7) is 8.03. The normalized spacial score (nSPS) is 15.8. The van der Waals surface area contributed by atoms with Crippen molar-refractivity contribution in [3.05, 3.63) is 29.8 Å². The number of ether oxygens (including phenoxy) is 1. The fourth-order valence-corrected chi connectivity index (χ4v) is 2.50. The van der Waals surface area contributed by atoms with Crippen molar-refractivity contribution in [2.24, 2.45) is 0 Å². The number of amides is 1. The largest absolute Gasteiger partial charge is 0.427 e. The summed E-state index contributed by atoms with van der Waals surface area (Å²) in [7, 11) is 0. The van der Waals surface area contributed by atoms with Crippen LogP contribution in [0.2, 0.25) is 0 Å². The van der Waals surface area contributed by atoms with E-state index >= 15 is 0 Å². The molecule has 1 aliphatic rings. The minimum absolute atomic E-state index is 0.0422. The number of esters is 1.